The van der Waals surface area contributed by atoms with Gasteiger partial charge < -0.3 is 15.4 Å². The standard InChI is InChI=1S/C24H32ClN5O2/c1-5-30-21-18(16-27-30)15-20(25)29-22(21)26-14-10-9-13-19(17-11-7-6-8-12-17)28-23(31)32-24(2,3)4/h6-8,11-12,15-16,19H,5,9-10,13-14H2,1-4H3,(H,26,29)(H,28,31). The summed E-state index contributed by atoms with van der Waals surface area (Å²) >= 11 is 6.18. The topological polar surface area (TPSA) is 81.1 Å². The van der Waals surface area contributed by atoms with E-state index in [0.717, 1.165) is 54.6 Å². The van der Waals surface area contributed by atoms with Crippen LogP contribution in [0.3, 0.4) is 0 Å². The molecule has 0 aliphatic carbocycles. The zero-order valence-corrected chi connectivity index (χ0v) is 19.9. The van der Waals surface area contributed by atoms with E-state index in [4.69, 9.17) is 16.3 Å². The van der Waals surface area contributed by atoms with Crippen LogP contribution in [-0.4, -0.2) is 33.0 Å². The average Bonchev–Trinajstić information content (AvgIpc) is 3.14. The lowest BCUT2D eigenvalue weighted by Gasteiger charge is -2.24. The molecule has 1 aromatic carbocycles. The number of nitrogens with one attached hydrogen (secondary N) is 2. The number of alkyl carbamates (subject to hydrolysis) is 1. The molecule has 0 aliphatic heterocycles. The number of hydrogen-bond donors (Lipinski definition) is 2. The third-order valence-corrected chi connectivity index (χ3v) is 5.18. The smallest absolute Gasteiger partial charge is 0.408 e. The Morgan fingerprint density at radius 1 is 1.22 bits per heavy atom. The molecule has 7 nitrogen and oxygen atoms in total. The molecule has 8 heteroatoms. The summed E-state index contributed by atoms with van der Waals surface area (Å²) in [4.78, 5) is 16.8. The van der Waals surface area contributed by atoms with Crippen LogP contribution in [-0.2, 0) is 11.3 Å². The number of anilines is 1. The molecule has 0 saturated carbocycles. The van der Waals surface area contributed by atoms with Crippen molar-refractivity contribution in [2.24, 2.45) is 0 Å². The number of aromatic nitrogens is 3. The molecular formula is C24H32ClN5O2. The van der Waals surface area contributed by atoms with Crippen molar-refractivity contribution < 1.29 is 9.53 Å². The summed E-state index contributed by atoms with van der Waals surface area (Å²) in [6, 6.07) is 11.7. The fourth-order valence-corrected chi connectivity index (χ4v) is 3.79. The minimum absolute atomic E-state index is 0.108. The van der Waals surface area contributed by atoms with Crippen LogP contribution >= 0.6 is 11.6 Å². The van der Waals surface area contributed by atoms with Crippen molar-refractivity contribution in [3.63, 3.8) is 0 Å². The van der Waals surface area contributed by atoms with E-state index in [2.05, 4.69) is 20.7 Å². The second-order valence-electron chi connectivity index (χ2n) is 8.72. The van der Waals surface area contributed by atoms with Gasteiger partial charge in [-0.1, -0.05) is 41.9 Å². The molecular weight excluding hydrogens is 426 g/mol. The predicted molar refractivity (Wildman–Crippen MR) is 129 cm³/mol. The number of amides is 1. The molecule has 0 spiro atoms. The van der Waals surface area contributed by atoms with Gasteiger partial charge in [0.2, 0.25) is 0 Å². The summed E-state index contributed by atoms with van der Waals surface area (Å²) in [6.07, 6.45) is 4.04. The molecule has 3 rings (SSSR count). The maximum atomic E-state index is 12.3. The number of unbranched alkanes of at least 4 members (excludes halogenated alkanes) is 1. The predicted octanol–water partition coefficient (Wildman–Crippen LogP) is 5.95. The van der Waals surface area contributed by atoms with Crippen molar-refractivity contribution in [3.05, 3.63) is 53.3 Å². The van der Waals surface area contributed by atoms with Gasteiger partial charge in [0.05, 0.1) is 12.2 Å². The number of hydrogen-bond acceptors (Lipinski definition) is 5. The number of nitrogens with zero attached hydrogens (tertiary/aromatic N) is 3. The highest BCUT2D eigenvalue weighted by molar-refractivity contribution is 6.30. The van der Waals surface area contributed by atoms with E-state index >= 15 is 0 Å². The van der Waals surface area contributed by atoms with Gasteiger partial charge in [0.15, 0.2) is 5.82 Å². The van der Waals surface area contributed by atoms with Gasteiger partial charge in [-0.3, -0.25) is 4.68 Å². The summed E-state index contributed by atoms with van der Waals surface area (Å²) in [5, 5.41) is 12.2. The van der Waals surface area contributed by atoms with Gasteiger partial charge in [-0.2, -0.15) is 5.10 Å². The van der Waals surface area contributed by atoms with Crippen molar-refractivity contribution in [1.29, 1.82) is 0 Å². The minimum Gasteiger partial charge on any atom is -0.444 e. The van der Waals surface area contributed by atoms with Gasteiger partial charge in [0, 0.05) is 18.5 Å². The second-order valence-corrected chi connectivity index (χ2v) is 9.11. The molecule has 172 valence electrons. The molecule has 0 radical (unpaired) electrons. The third kappa shape index (κ3) is 6.60. The molecule has 0 saturated heterocycles. The fourth-order valence-electron chi connectivity index (χ4n) is 3.59. The number of aryl methyl sites for hydroxylation is 1. The Bertz CT molecular complexity index is 1030. The number of carbonyl (C=O) groups excluding carboxylic acids is 1. The molecule has 2 heterocycles. The number of fused-ring (bicyclic) bond motifs is 1. The highest BCUT2D eigenvalue weighted by Crippen LogP contribution is 2.25. The molecule has 1 atom stereocenters. The van der Waals surface area contributed by atoms with Gasteiger partial charge in [-0.05, 0) is 58.6 Å². The first kappa shape index (κ1) is 23.9. The molecule has 32 heavy (non-hydrogen) atoms. The Labute approximate surface area is 194 Å². The molecule has 0 bridgehead atoms. The molecule has 0 fully saturated rings. The minimum atomic E-state index is -0.532. The zero-order valence-electron chi connectivity index (χ0n) is 19.2. The van der Waals surface area contributed by atoms with E-state index in [1.165, 1.54) is 0 Å². The molecule has 2 aromatic heterocycles. The van der Waals surface area contributed by atoms with Crippen LogP contribution in [0.1, 0.15) is 58.6 Å². The Morgan fingerprint density at radius 3 is 2.66 bits per heavy atom. The second kappa shape index (κ2) is 10.7. The lowest BCUT2D eigenvalue weighted by Crippen LogP contribution is -2.35. The Morgan fingerprint density at radius 2 is 1.97 bits per heavy atom. The quantitative estimate of drug-likeness (QED) is 0.306. The molecule has 2 N–H and O–H groups in total. The molecule has 0 aliphatic rings. The van der Waals surface area contributed by atoms with E-state index < -0.39 is 11.7 Å². The van der Waals surface area contributed by atoms with Crippen LogP contribution in [0, 0.1) is 0 Å². The highest BCUT2D eigenvalue weighted by atomic mass is 35.5. The van der Waals surface area contributed by atoms with E-state index in [9.17, 15) is 4.79 Å². The maximum Gasteiger partial charge on any atom is 0.408 e. The number of pyridine rings is 1. The van der Waals surface area contributed by atoms with Crippen molar-refractivity contribution in [2.45, 2.75) is 65.1 Å². The van der Waals surface area contributed by atoms with Gasteiger partial charge in [0.25, 0.3) is 0 Å². The van der Waals surface area contributed by atoms with Gasteiger partial charge in [0.1, 0.15) is 16.3 Å². The fraction of sp³-hybridized carbons (Fsp3) is 0.458. The maximum absolute atomic E-state index is 12.3. The highest BCUT2D eigenvalue weighted by Gasteiger charge is 2.20. The Kier molecular flexibility index (Phi) is 7.96. The summed E-state index contributed by atoms with van der Waals surface area (Å²) in [5.74, 6) is 0.748. The number of rotatable bonds is 9. The number of halogens is 1. The monoisotopic (exact) mass is 457 g/mol. The Hall–Kier alpha value is -2.80. The average molecular weight is 458 g/mol. The van der Waals surface area contributed by atoms with E-state index in [0.29, 0.717) is 5.15 Å². The van der Waals surface area contributed by atoms with Crippen LogP contribution in [0.4, 0.5) is 10.6 Å². The molecule has 1 unspecified atom stereocenters. The molecule has 1 amide bonds. The van der Waals surface area contributed by atoms with Crippen LogP contribution in [0.25, 0.3) is 10.9 Å². The number of carbonyl (C=O) groups is 1. The SMILES string of the molecule is CCn1ncc2cc(Cl)nc(NCCCCC(NC(=O)OC(C)(C)C)c3ccccc3)c21. The van der Waals surface area contributed by atoms with E-state index in [1.54, 1.807) is 0 Å². The van der Waals surface area contributed by atoms with E-state index in [1.807, 2.05) is 75.0 Å². The summed E-state index contributed by atoms with van der Waals surface area (Å²) in [7, 11) is 0. The number of benzene rings is 1. The van der Waals surface area contributed by atoms with Gasteiger partial charge in [-0.15, -0.1) is 0 Å². The van der Waals surface area contributed by atoms with Crippen molar-refractivity contribution >= 4 is 34.4 Å². The summed E-state index contributed by atoms with van der Waals surface area (Å²) in [6.45, 7) is 9.14. The van der Waals surface area contributed by atoms with Crippen LogP contribution in [0.15, 0.2) is 42.6 Å². The zero-order chi connectivity index (χ0) is 23.1. The molecule has 3 aromatic rings. The third-order valence-electron chi connectivity index (χ3n) is 4.99. The van der Waals surface area contributed by atoms with Crippen molar-refractivity contribution in [1.82, 2.24) is 20.1 Å². The summed E-state index contributed by atoms with van der Waals surface area (Å²) < 4.78 is 7.36. The van der Waals surface area contributed by atoms with Crippen molar-refractivity contribution in [2.75, 3.05) is 11.9 Å². The first-order valence-electron chi connectivity index (χ1n) is 11.1. The van der Waals surface area contributed by atoms with Crippen LogP contribution in [0.5, 0.6) is 0 Å². The lowest BCUT2D eigenvalue weighted by atomic mass is 10.0. The first-order chi connectivity index (χ1) is 15.3. The van der Waals surface area contributed by atoms with Gasteiger partial charge >= 0.3 is 6.09 Å². The first-order valence-corrected chi connectivity index (χ1v) is 11.4. The number of ether oxygens (including phenoxy) is 1. The van der Waals surface area contributed by atoms with Crippen molar-refractivity contribution in [3.8, 4) is 0 Å². The summed E-state index contributed by atoms with van der Waals surface area (Å²) in [5.41, 5.74) is 1.50. The lowest BCUT2D eigenvalue weighted by molar-refractivity contribution is 0.0500. The largest absolute Gasteiger partial charge is 0.444 e. The van der Waals surface area contributed by atoms with E-state index in [-0.39, 0.29) is 6.04 Å². The normalized spacial score (nSPS) is 12.5. The van der Waals surface area contributed by atoms with Crippen LogP contribution < -0.4 is 10.6 Å². The Balaban J connectivity index is 1.58. The van der Waals surface area contributed by atoms with Gasteiger partial charge in [-0.25, -0.2) is 9.78 Å². The van der Waals surface area contributed by atoms with Crippen LogP contribution in [0.2, 0.25) is 5.15 Å².